The van der Waals surface area contributed by atoms with Crippen LogP contribution in [0.2, 0.25) is 0 Å². The average Bonchev–Trinajstić information content (AvgIpc) is 3.13. The molecule has 0 aliphatic rings. The van der Waals surface area contributed by atoms with Crippen LogP contribution in [-0.2, 0) is 14.4 Å². The van der Waals surface area contributed by atoms with Crippen LogP contribution in [0.15, 0.2) is 87.5 Å². The summed E-state index contributed by atoms with van der Waals surface area (Å²) in [7, 11) is 4.98. The van der Waals surface area contributed by atoms with E-state index in [1.807, 2.05) is 66.4 Å². The van der Waals surface area contributed by atoms with Crippen LogP contribution < -0.4 is 14.2 Å². The highest BCUT2D eigenvalue weighted by Gasteiger charge is 2.01. The minimum Gasteiger partial charge on any atom is -0.497 e. The number of hydrogen-bond donors (Lipinski definition) is 3. The number of unbranched alkanes of at least 4 members (excludes halogenated alkanes) is 6. The van der Waals surface area contributed by atoms with Crippen molar-refractivity contribution in [2.24, 2.45) is 0 Å². The zero-order valence-corrected chi connectivity index (χ0v) is 32.5. The fourth-order valence-corrected chi connectivity index (χ4v) is 7.15. The van der Waals surface area contributed by atoms with Crippen molar-refractivity contribution in [1.29, 1.82) is 0 Å². The summed E-state index contributed by atoms with van der Waals surface area (Å²) in [6.45, 7) is 0. The fraction of sp³-hybridized carbons (Fsp3) is 0.462. The van der Waals surface area contributed by atoms with Gasteiger partial charge in [0.1, 0.15) is 17.2 Å². The Hall–Kier alpha value is -3.48. The second-order valence-electron chi connectivity index (χ2n) is 11.2. The lowest BCUT2D eigenvalue weighted by Crippen LogP contribution is -1.94. The van der Waals surface area contributed by atoms with E-state index in [-0.39, 0.29) is 12.8 Å². The van der Waals surface area contributed by atoms with Crippen molar-refractivity contribution in [2.45, 2.75) is 91.7 Å². The predicted octanol–water partition coefficient (Wildman–Crippen LogP) is 10.3. The van der Waals surface area contributed by atoms with Crippen molar-refractivity contribution in [3.63, 3.8) is 0 Å². The predicted molar refractivity (Wildman–Crippen MR) is 209 cm³/mol. The molecule has 0 amide bonds. The molecule has 3 rings (SSSR count). The molecule has 0 bridgehead atoms. The van der Waals surface area contributed by atoms with Gasteiger partial charge < -0.3 is 29.5 Å². The highest BCUT2D eigenvalue weighted by molar-refractivity contribution is 7.99. The second-order valence-corrected chi connectivity index (χ2v) is 14.7. The smallest absolute Gasteiger partial charge is 0.303 e. The summed E-state index contributed by atoms with van der Waals surface area (Å²) in [5.74, 6) is 3.43. The number of ether oxygens (including phenoxy) is 3. The summed E-state index contributed by atoms with van der Waals surface area (Å²) in [4.78, 5) is 34.5. The Balaban J connectivity index is 0.000000385. The molecule has 12 heteroatoms. The van der Waals surface area contributed by atoms with Crippen molar-refractivity contribution in [3.8, 4) is 17.2 Å². The first-order valence-corrected chi connectivity index (χ1v) is 20.1. The van der Waals surface area contributed by atoms with E-state index in [1.54, 1.807) is 44.9 Å². The van der Waals surface area contributed by atoms with Gasteiger partial charge in [-0.2, -0.15) is 0 Å². The molecular weight excluding hydrogens is 709 g/mol. The highest BCUT2D eigenvalue weighted by Crippen LogP contribution is 2.26. The zero-order chi connectivity index (χ0) is 37.5. The first-order valence-electron chi connectivity index (χ1n) is 17.1. The minimum absolute atomic E-state index is 0.233. The maximum Gasteiger partial charge on any atom is 0.303 e. The van der Waals surface area contributed by atoms with E-state index >= 15 is 0 Å². The van der Waals surface area contributed by atoms with Gasteiger partial charge in [-0.1, -0.05) is 43.9 Å². The van der Waals surface area contributed by atoms with E-state index in [4.69, 9.17) is 29.5 Å². The highest BCUT2D eigenvalue weighted by atomic mass is 32.2. The number of aliphatic carboxylic acids is 3. The van der Waals surface area contributed by atoms with Crippen molar-refractivity contribution < 1.29 is 43.9 Å². The Bertz CT molecular complexity index is 1390. The van der Waals surface area contributed by atoms with E-state index in [1.165, 1.54) is 22.6 Å². The summed E-state index contributed by atoms with van der Waals surface area (Å²) in [5.41, 5.74) is 0. The number of rotatable bonds is 24. The molecule has 0 heterocycles. The SMILES string of the molecule is COc1cccc(SCCCC(=O)O)c1.COc1cccc(SCCCCCC(=O)O)c1.COc1cccc(SCCCCCCCC(=O)O)c1. The molecule has 0 radical (unpaired) electrons. The van der Waals surface area contributed by atoms with Gasteiger partial charge in [0.2, 0.25) is 0 Å². The fourth-order valence-electron chi connectivity index (χ4n) is 4.33. The van der Waals surface area contributed by atoms with Gasteiger partial charge in [0.05, 0.1) is 21.3 Å². The molecule has 0 aliphatic heterocycles. The summed E-state index contributed by atoms with van der Waals surface area (Å²) in [5, 5.41) is 25.5. The monoisotopic (exact) mass is 762 g/mol. The summed E-state index contributed by atoms with van der Waals surface area (Å²) >= 11 is 5.27. The molecule has 0 aromatic heterocycles. The van der Waals surface area contributed by atoms with Crippen molar-refractivity contribution in [2.75, 3.05) is 38.6 Å². The van der Waals surface area contributed by atoms with Crippen LogP contribution in [-0.4, -0.2) is 71.8 Å². The van der Waals surface area contributed by atoms with Crippen LogP contribution in [0.5, 0.6) is 17.2 Å². The van der Waals surface area contributed by atoms with Crippen molar-refractivity contribution in [3.05, 3.63) is 72.8 Å². The quantitative estimate of drug-likeness (QED) is 0.0591. The van der Waals surface area contributed by atoms with E-state index in [0.717, 1.165) is 77.9 Å². The largest absolute Gasteiger partial charge is 0.497 e. The Labute approximate surface area is 316 Å². The Morgan fingerprint density at radius 2 is 0.745 bits per heavy atom. The molecule has 0 unspecified atom stereocenters. The molecule has 0 saturated heterocycles. The molecule has 3 aromatic rings. The first kappa shape index (κ1) is 45.5. The van der Waals surface area contributed by atoms with E-state index in [0.29, 0.717) is 12.8 Å². The third-order valence-corrected chi connectivity index (χ3v) is 10.3. The molecule has 0 fully saturated rings. The minimum atomic E-state index is -0.735. The van der Waals surface area contributed by atoms with Gasteiger partial charge in [-0.05, 0) is 104 Å². The van der Waals surface area contributed by atoms with E-state index in [9.17, 15) is 14.4 Å². The van der Waals surface area contributed by atoms with Gasteiger partial charge in [-0.3, -0.25) is 14.4 Å². The molecule has 3 aromatic carbocycles. The maximum atomic E-state index is 10.3. The molecular formula is C39H54O9S3. The number of benzene rings is 3. The molecule has 51 heavy (non-hydrogen) atoms. The topological polar surface area (TPSA) is 140 Å². The Morgan fingerprint density at radius 3 is 1.10 bits per heavy atom. The number of carbonyl (C=O) groups is 3. The average molecular weight is 763 g/mol. The van der Waals surface area contributed by atoms with E-state index < -0.39 is 17.9 Å². The normalized spacial score (nSPS) is 10.2. The first-order chi connectivity index (χ1) is 24.7. The lowest BCUT2D eigenvalue weighted by atomic mass is 10.1. The van der Waals surface area contributed by atoms with Crippen LogP contribution >= 0.6 is 35.3 Å². The lowest BCUT2D eigenvalue weighted by molar-refractivity contribution is -0.138. The van der Waals surface area contributed by atoms with Gasteiger partial charge in [0.25, 0.3) is 0 Å². The van der Waals surface area contributed by atoms with Crippen LogP contribution in [0.3, 0.4) is 0 Å². The third-order valence-electron chi connectivity index (χ3n) is 7.03. The van der Waals surface area contributed by atoms with Crippen LogP contribution in [0.4, 0.5) is 0 Å². The Morgan fingerprint density at radius 1 is 0.451 bits per heavy atom. The summed E-state index contributed by atoms with van der Waals surface area (Å²) in [6, 6.07) is 23.9. The zero-order valence-electron chi connectivity index (χ0n) is 30.1. The summed E-state index contributed by atoms with van der Waals surface area (Å²) < 4.78 is 15.4. The number of methoxy groups -OCH3 is 3. The van der Waals surface area contributed by atoms with Crippen molar-refractivity contribution in [1.82, 2.24) is 0 Å². The van der Waals surface area contributed by atoms with E-state index in [2.05, 4.69) is 18.2 Å². The van der Waals surface area contributed by atoms with Gasteiger partial charge >= 0.3 is 17.9 Å². The number of carboxylic acid groups (broad SMARTS) is 3. The van der Waals surface area contributed by atoms with Crippen LogP contribution in [0, 0.1) is 0 Å². The van der Waals surface area contributed by atoms with Crippen molar-refractivity contribution >= 4 is 53.2 Å². The molecule has 282 valence electrons. The molecule has 0 spiro atoms. The van der Waals surface area contributed by atoms with Crippen LogP contribution in [0.25, 0.3) is 0 Å². The molecule has 0 atom stereocenters. The van der Waals surface area contributed by atoms with Gasteiger partial charge in [0, 0.05) is 33.9 Å². The summed E-state index contributed by atoms with van der Waals surface area (Å²) in [6.07, 6.45) is 9.62. The van der Waals surface area contributed by atoms with Gasteiger partial charge in [-0.15, -0.1) is 35.3 Å². The molecule has 3 N–H and O–H groups in total. The molecule has 0 aliphatic carbocycles. The second kappa shape index (κ2) is 30.2. The number of carboxylic acids is 3. The molecule has 9 nitrogen and oxygen atoms in total. The lowest BCUT2D eigenvalue weighted by Gasteiger charge is -2.04. The van der Waals surface area contributed by atoms with Crippen LogP contribution in [0.1, 0.15) is 77.0 Å². The Kier molecular flexibility index (Phi) is 26.9. The number of thioether (sulfide) groups is 3. The number of hydrogen-bond acceptors (Lipinski definition) is 9. The standard InChI is InChI=1S/C15H22O3S.C13H18O3S.C11H14O3S/c1-18-13-8-7-9-14(12-13)19-11-6-4-2-3-5-10-15(16)17;1-16-11-6-5-7-12(10-11)17-9-4-2-3-8-13(14)15;1-14-9-4-2-5-10(8-9)15-7-3-6-11(12)13/h7-9,12H,2-6,10-11H2,1H3,(H,16,17);5-7,10H,2-4,8-9H2,1H3,(H,14,15);2,4-5,8H,3,6-7H2,1H3,(H,12,13). The third kappa shape index (κ3) is 26.0. The van der Waals surface area contributed by atoms with Gasteiger partial charge in [-0.25, -0.2) is 0 Å². The maximum absolute atomic E-state index is 10.3. The molecule has 0 saturated carbocycles. The van der Waals surface area contributed by atoms with Gasteiger partial charge in [0.15, 0.2) is 0 Å².